The quantitative estimate of drug-likeness (QED) is 0.403. The van der Waals surface area contributed by atoms with E-state index in [9.17, 15) is 32.7 Å². The van der Waals surface area contributed by atoms with E-state index in [-0.39, 0.29) is 35.3 Å². The number of piperazine rings is 1. The van der Waals surface area contributed by atoms with Crippen LogP contribution in [0.25, 0.3) is 0 Å². The Morgan fingerprint density at radius 1 is 1.05 bits per heavy atom. The second-order valence-electron chi connectivity index (χ2n) is 10.0. The first-order valence-corrected chi connectivity index (χ1v) is 13.6. The monoisotopic (exact) mass is 619 g/mol. The van der Waals surface area contributed by atoms with Gasteiger partial charge in [-0.1, -0.05) is 36.0 Å². The second-order valence-corrected chi connectivity index (χ2v) is 10.9. The predicted molar refractivity (Wildman–Crippen MR) is 145 cm³/mol. The predicted octanol–water partition coefficient (Wildman–Crippen LogP) is 4.05. The molecule has 224 valence electrons. The maximum atomic E-state index is 12.8. The highest BCUT2D eigenvalue weighted by atomic mass is 35.5. The van der Waals surface area contributed by atoms with Crippen molar-refractivity contribution in [1.29, 1.82) is 0 Å². The third-order valence-corrected chi connectivity index (χ3v) is 7.20. The van der Waals surface area contributed by atoms with E-state index in [4.69, 9.17) is 28.3 Å². The molecule has 41 heavy (non-hydrogen) atoms. The Balaban J connectivity index is 0.000000352. The number of nitrogens with one attached hydrogen (secondary N) is 1. The number of aliphatic hydroxyl groups is 1. The third kappa shape index (κ3) is 9.44. The molecule has 1 unspecified atom stereocenters. The van der Waals surface area contributed by atoms with Crippen LogP contribution in [0.4, 0.5) is 19.0 Å². The number of carbonyl (C=O) groups excluding carboxylic acids is 2. The molecule has 4 rings (SSSR count). The number of hydrogen-bond acceptors (Lipinski definition) is 7. The van der Waals surface area contributed by atoms with E-state index < -0.39 is 30.1 Å². The molecular formula is C26H30Cl2F3N5O5. The Labute approximate surface area is 244 Å². The molecule has 1 aromatic carbocycles. The smallest absolute Gasteiger partial charge is 0.417 e. The lowest BCUT2D eigenvalue weighted by atomic mass is 10.0. The van der Waals surface area contributed by atoms with Crippen molar-refractivity contribution < 1.29 is 37.8 Å². The van der Waals surface area contributed by atoms with Crippen molar-refractivity contribution >= 4 is 46.8 Å². The van der Waals surface area contributed by atoms with Crippen LogP contribution < -0.4 is 10.2 Å². The van der Waals surface area contributed by atoms with Gasteiger partial charge >= 0.3 is 12.1 Å². The summed E-state index contributed by atoms with van der Waals surface area (Å²) in [4.78, 5) is 37.8. The van der Waals surface area contributed by atoms with Gasteiger partial charge in [0.1, 0.15) is 0 Å². The zero-order valence-electron chi connectivity index (χ0n) is 22.1. The summed E-state index contributed by atoms with van der Waals surface area (Å²) in [5.74, 6) is -0.844. The van der Waals surface area contributed by atoms with E-state index >= 15 is 0 Å². The van der Waals surface area contributed by atoms with Gasteiger partial charge in [-0.15, -0.1) is 10.2 Å². The topological polar surface area (TPSA) is 136 Å². The van der Waals surface area contributed by atoms with Crippen LogP contribution in [-0.4, -0.2) is 87.6 Å². The van der Waals surface area contributed by atoms with Crippen LogP contribution in [0, 0.1) is 5.92 Å². The van der Waals surface area contributed by atoms with Crippen molar-refractivity contribution in [2.75, 3.05) is 37.6 Å². The molecule has 0 bridgehead atoms. The number of aromatic carboxylic acids is 1. The van der Waals surface area contributed by atoms with E-state index in [1.54, 1.807) is 12.1 Å². The largest absolute Gasteiger partial charge is 0.478 e. The summed E-state index contributed by atoms with van der Waals surface area (Å²) in [6.45, 7) is 2.35. The first-order valence-electron chi connectivity index (χ1n) is 12.8. The Morgan fingerprint density at radius 3 is 2.22 bits per heavy atom. The molecule has 0 radical (unpaired) electrons. The Morgan fingerprint density at radius 2 is 1.71 bits per heavy atom. The van der Waals surface area contributed by atoms with E-state index in [0.717, 1.165) is 12.3 Å². The normalized spacial score (nSPS) is 16.8. The number of benzene rings is 1. The molecule has 1 atom stereocenters. The van der Waals surface area contributed by atoms with Crippen LogP contribution in [0.1, 0.15) is 53.5 Å². The molecule has 10 nitrogen and oxygen atoms in total. The van der Waals surface area contributed by atoms with Gasteiger partial charge in [0.15, 0.2) is 17.1 Å². The molecule has 1 aliphatic carbocycles. The average Bonchev–Trinajstić information content (AvgIpc) is 3.74. The molecule has 2 aliphatic rings. The molecule has 2 aromatic rings. The van der Waals surface area contributed by atoms with Gasteiger partial charge in [-0.25, -0.2) is 4.79 Å². The van der Waals surface area contributed by atoms with Gasteiger partial charge in [0.2, 0.25) is 5.91 Å². The Bertz CT molecular complexity index is 1240. The first kappa shape index (κ1) is 32.4. The zero-order chi connectivity index (χ0) is 30.4. The summed E-state index contributed by atoms with van der Waals surface area (Å²) in [6.07, 6.45) is -2.46. The first-order chi connectivity index (χ1) is 19.2. The van der Waals surface area contributed by atoms with Crippen molar-refractivity contribution in [2.45, 2.75) is 44.4 Å². The molecule has 3 N–H and O–H groups in total. The van der Waals surface area contributed by atoms with Crippen LogP contribution in [-0.2, 0) is 4.79 Å². The summed E-state index contributed by atoms with van der Waals surface area (Å²) in [6, 6.07) is 7.54. The minimum atomic E-state index is -4.87. The molecular weight excluding hydrogens is 590 g/mol. The van der Waals surface area contributed by atoms with Crippen LogP contribution in [0.3, 0.4) is 0 Å². The Kier molecular flexibility index (Phi) is 10.8. The molecule has 15 heteroatoms. The number of carbonyl (C=O) groups is 3. The fraction of sp³-hybridized carbons (Fsp3) is 0.500. The van der Waals surface area contributed by atoms with Crippen molar-refractivity contribution in [3.8, 4) is 0 Å². The number of anilines is 1. The molecule has 1 saturated heterocycles. The van der Waals surface area contributed by atoms with Crippen LogP contribution in [0.15, 0.2) is 30.3 Å². The number of nitrogens with zero attached hydrogens (tertiary/aromatic N) is 4. The van der Waals surface area contributed by atoms with Crippen molar-refractivity contribution in [2.24, 2.45) is 5.92 Å². The zero-order valence-corrected chi connectivity index (χ0v) is 23.6. The highest BCUT2D eigenvalue weighted by molar-refractivity contribution is 6.35. The summed E-state index contributed by atoms with van der Waals surface area (Å²) in [5, 5.41) is 29.4. The lowest BCUT2D eigenvalue weighted by molar-refractivity contribution is -0.254. The minimum absolute atomic E-state index is 0.0270. The molecule has 2 heterocycles. The molecule has 1 saturated carbocycles. The van der Waals surface area contributed by atoms with E-state index in [2.05, 4.69) is 15.5 Å². The summed E-state index contributed by atoms with van der Waals surface area (Å²) in [7, 11) is 0. The fourth-order valence-electron chi connectivity index (χ4n) is 3.85. The molecule has 0 spiro atoms. The third-order valence-electron chi connectivity index (χ3n) is 6.64. The number of alkyl halides is 3. The minimum Gasteiger partial charge on any atom is -0.478 e. The van der Waals surface area contributed by atoms with Gasteiger partial charge in [-0.3, -0.25) is 9.59 Å². The number of halogens is 5. The van der Waals surface area contributed by atoms with Gasteiger partial charge in [-0.05, 0) is 49.6 Å². The van der Waals surface area contributed by atoms with E-state index in [1.165, 1.54) is 35.9 Å². The average molecular weight is 620 g/mol. The number of amides is 2. The molecule has 1 aromatic heterocycles. The van der Waals surface area contributed by atoms with Gasteiger partial charge < -0.3 is 25.3 Å². The van der Waals surface area contributed by atoms with Gasteiger partial charge in [-0.2, -0.15) is 13.2 Å². The number of carboxylic acid groups (broad SMARTS) is 1. The molecule has 1 aliphatic heterocycles. The highest BCUT2D eigenvalue weighted by Crippen LogP contribution is 2.33. The second kappa shape index (κ2) is 13.7. The summed E-state index contributed by atoms with van der Waals surface area (Å²) < 4.78 is 38.3. The van der Waals surface area contributed by atoms with Gasteiger partial charge in [0.25, 0.3) is 5.91 Å². The van der Waals surface area contributed by atoms with Crippen LogP contribution in [0.2, 0.25) is 10.0 Å². The maximum Gasteiger partial charge on any atom is 0.417 e. The van der Waals surface area contributed by atoms with Crippen molar-refractivity contribution in [1.82, 2.24) is 20.4 Å². The number of aromatic nitrogens is 2. The molecule has 2 fully saturated rings. The van der Waals surface area contributed by atoms with E-state index in [1.807, 2.05) is 4.90 Å². The van der Waals surface area contributed by atoms with Gasteiger partial charge in [0.05, 0.1) is 17.0 Å². The van der Waals surface area contributed by atoms with Crippen LogP contribution >= 0.6 is 23.2 Å². The SMILES string of the molecule is CC(O)(CC(=O)N1CCN(c2ccc(C(=O)NCCC3CC3)nn2)CC1)C(F)(F)F.O=C(O)c1cc(Cl)ccc1Cl. The number of hydrogen-bond donors (Lipinski definition) is 3. The summed E-state index contributed by atoms with van der Waals surface area (Å²) in [5.41, 5.74) is -2.81. The van der Waals surface area contributed by atoms with Gasteiger partial charge in [0, 0.05) is 37.7 Å². The Hall–Kier alpha value is -3.16. The number of carboxylic acids is 1. The highest BCUT2D eigenvalue weighted by Gasteiger charge is 2.51. The standard InChI is InChI=1S/C19H26F3N5O3.C7H4Cl2O2/c1-18(30,19(20,21)22)12-16(28)27-10-8-26(9-11-27)15-5-4-14(24-25-15)17(29)23-7-6-13-2-3-13;8-4-1-2-6(9)5(3-4)7(10)11/h4-5,13,30H,2-3,6-12H2,1H3,(H,23,29);1-3H,(H,10,11). The van der Waals surface area contributed by atoms with E-state index in [0.29, 0.717) is 37.4 Å². The summed E-state index contributed by atoms with van der Waals surface area (Å²) >= 11 is 11.1. The van der Waals surface area contributed by atoms with Crippen molar-refractivity contribution in [3.63, 3.8) is 0 Å². The number of rotatable bonds is 8. The maximum absolute atomic E-state index is 12.8. The lowest BCUT2D eigenvalue weighted by Gasteiger charge is -2.36. The lowest BCUT2D eigenvalue weighted by Crippen LogP contribution is -2.52. The fourth-order valence-corrected chi connectivity index (χ4v) is 4.23. The van der Waals surface area contributed by atoms with Crippen LogP contribution in [0.5, 0.6) is 0 Å². The van der Waals surface area contributed by atoms with Crippen molar-refractivity contribution in [3.05, 3.63) is 51.6 Å². The molecule has 2 amide bonds.